The van der Waals surface area contributed by atoms with Crippen LogP contribution in [0.1, 0.15) is 12.6 Å². The average molecular weight is 426 g/mol. The second kappa shape index (κ2) is 7.33. The third-order valence-electron chi connectivity index (χ3n) is 3.54. The van der Waals surface area contributed by atoms with E-state index in [1.165, 1.54) is 16.3 Å². The fourth-order valence-corrected chi connectivity index (χ4v) is 4.56. The maximum atomic E-state index is 12.4. The Balaban J connectivity index is 1.68. The van der Waals surface area contributed by atoms with E-state index in [1.54, 1.807) is 18.8 Å². The molecular weight excluding hydrogens is 410 g/mol. The lowest BCUT2D eigenvalue weighted by molar-refractivity contribution is -0.113. The number of halogens is 1. The van der Waals surface area contributed by atoms with Gasteiger partial charge in [0.05, 0.1) is 16.3 Å². The summed E-state index contributed by atoms with van der Waals surface area (Å²) < 4.78 is 2.49. The zero-order valence-electron chi connectivity index (χ0n) is 13.2. The molecule has 0 radical (unpaired) electrons. The second-order valence-electron chi connectivity index (χ2n) is 5.51. The molecule has 0 bridgehead atoms. The van der Waals surface area contributed by atoms with Crippen molar-refractivity contribution in [1.82, 2.24) is 9.55 Å². The number of amides is 1. The van der Waals surface area contributed by atoms with Gasteiger partial charge in [0, 0.05) is 28.9 Å². The third kappa shape index (κ3) is 3.87. The summed E-state index contributed by atoms with van der Waals surface area (Å²) >= 11 is 6.22. The van der Waals surface area contributed by atoms with Crippen molar-refractivity contribution in [3.8, 4) is 0 Å². The van der Waals surface area contributed by atoms with Crippen LogP contribution in [-0.2, 0) is 18.3 Å². The van der Waals surface area contributed by atoms with Crippen molar-refractivity contribution in [3.05, 3.63) is 44.8 Å². The van der Waals surface area contributed by atoms with Gasteiger partial charge in [-0.25, -0.2) is 4.98 Å². The highest BCUT2D eigenvalue weighted by molar-refractivity contribution is 9.10. The van der Waals surface area contributed by atoms with Crippen LogP contribution in [-0.4, -0.2) is 26.5 Å². The van der Waals surface area contributed by atoms with E-state index in [4.69, 9.17) is 0 Å². The van der Waals surface area contributed by atoms with E-state index in [0.717, 1.165) is 27.2 Å². The summed E-state index contributed by atoms with van der Waals surface area (Å²) in [6, 6.07) is 7.39. The van der Waals surface area contributed by atoms with E-state index >= 15 is 0 Å². The smallest absolute Gasteiger partial charge is 0.267 e. The fraction of sp³-hybridized carbons (Fsp3) is 0.312. The Hall–Kier alpha value is -1.25. The van der Waals surface area contributed by atoms with Crippen molar-refractivity contribution in [3.63, 3.8) is 0 Å². The minimum atomic E-state index is -0.125. The molecule has 0 aliphatic carbocycles. The van der Waals surface area contributed by atoms with Gasteiger partial charge < -0.3 is 5.32 Å². The van der Waals surface area contributed by atoms with Gasteiger partial charge in [0.15, 0.2) is 5.16 Å². The van der Waals surface area contributed by atoms with Crippen LogP contribution in [0.2, 0.25) is 0 Å². The number of aromatic nitrogens is 2. The molecule has 5 nitrogen and oxygen atoms in total. The van der Waals surface area contributed by atoms with Crippen LogP contribution in [0.5, 0.6) is 0 Å². The van der Waals surface area contributed by atoms with Crippen molar-refractivity contribution in [2.75, 3.05) is 11.1 Å². The van der Waals surface area contributed by atoms with Gasteiger partial charge in [0.1, 0.15) is 0 Å². The number of fused-ring (bicyclic) bond motifs is 1. The van der Waals surface area contributed by atoms with Crippen molar-refractivity contribution in [1.29, 1.82) is 0 Å². The molecule has 1 aliphatic heterocycles. The minimum absolute atomic E-state index is 0.0230. The summed E-state index contributed by atoms with van der Waals surface area (Å²) in [6.45, 7) is 2.09. The van der Waals surface area contributed by atoms with Gasteiger partial charge in [0.2, 0.25) is 5.91 Å². The van der Waals surface area contributed by atoms with Crippen molar-refractivity contribution < 1.29 is 4.79 Å². The summed E-state index contributed by atoms with van der Waals surface area (Å²) in [6.07, 6.45) is 0.800. The van der Waals surface area contributed by atoms with E-state index in [0.29, 0.717) is 10.4 Å². The predicted molar refractivity (Wildman–Crippen MR) is 102 cm³/mol. The highest BCUT2D eigenvalue weighted by Gasteiger charge is 2.25. The van der Waals surface area contributed by atoms with E-state index < -0.39 is 0 Å². The monoisotopic (exact) mass is 425 g/mol. The van der Waals surface area contributed by atoms with Gasteiger partial charge in [-0.15, -0.1) is 11.8 Å². The molecule has 0 saturated heterocycles. The second-order valence-corrected chi connectivity index (χ2v) is 8.82. The molecule has 126 valence electrons. The lowest BCUT2D eigenvalue weighted by Gasteiger charge is -2.09. The Bertz CT molecular complexity index is 836. The van der Waals surface area contributed by atoms with Crippen LogP contribution in [0.3, 0.4) is 0 Å². The number of carbonyl (C=O) groups excluding carboxylic acids is 1. The molecular formula is C16H16BrN3O2S2. The van der Waals surface area contributed by atoms with Gasteiger partial charge in [-0.1, -0.05) is 34.6 Å². The molecule has 8 heteroatoms. The van der Waals surface area contributed by atoms with Gasteiger partial charge in [-0.3, -0.25) is 14.2 Å². The lowest BCUT2D eigenvalue weighted by Crippen LogP contribution is -2.23. The maximum absolute atomic E-state index is 12.4. The number of hydrogen-bond acceptors (Lipinski definition) is 5. The Kier molecular flexibility index (Phi) is 5.36. The highest BCUT2D eigenvalue weighted by atomic mass is 79.9. The first-order chi connectivity index (χ1) is 11.4. The normalized spacial score (nSPS) is 16.0. The Morgan fingerprint density at radius 3 is 2.88 bits per heavy atom. The molecule has 1 aromatic carbocycles. The zero-order valence-corrected chi connectivity index (χ0v) is 16.4. The van der Waals surface area contributed by atoms with Gasteiger partial charge >= 0.3 is 0 Å². The third-order valence-corrected chi connectivity index (χ3v) is 6.31. The van der Waals surface area contributed by atoms with Crippen LogP contribution >= 0.6 is 39.5 Å². The lowest BCUT2D eigenvalue weighted by atomic mass is 10.2. The standard InChI is InChI=1S/C16H16BrN3O2S2/c1-9-7-12-14(24-9)15(22)20(2)16(19-12)23-8-13(21)18-11-5-3-10(17)4-6-11/h3-6,9H,7-8H2,1-2H3,(H,18,21). The molecule has 1 aromatic heterocycles. The topological polar surface area (TPSA) is 64.0 Å². The van der Waals surface area contributed by atoms with E-state index in [-0.39, 0.29) is 17.2 Å². The first kappa shape index (κ1) is 17.6. The molecule has 2 heterocycles. The summed E-state index contributed by atoms with van der Waals surface area (Å²) in [5, 5.41) is 3.79. The SMILES string of the molecule is CC1Cc2nc(SCC(=O)Nc3ccc(Br)cc3)n(C)c(=O)c2S1. The molecule has 1 aliphatic rings. The van der Waals surface area contributed by atoms with E-state index in [9.17, 15) is 9.59 Å². The zero-order chi connectivity index (χ0) is 17.3. The number of carbonyl (C=O) groups is 1. The average Bonchev–Trinajstić information content (AvgIpc) is 2.92. The minimum Gasteiger partial charge on any atom is -0.325 e. The number of rotatable bonds is 4. The Morgan fingerprint density at radius 2 is 2.17 bits per heavy atom. The maximum Gasteiger partial charge on any atom is 0.267 e. The number of anilines is 1. The molecule has 1 N–H and O–H groups in total. The van der Waals surface area contributed by atoms with Crippen LogP contribution in [0.15, 0.2) is 43.6 Å². The fourth-order valence-electron chi connectivity index (χ4n) is 2.37. The number of thioether (sulfide) groups is 2. The molecule has 1 amide bonds. The first-order valence-corrected chi connectivity index (χ1v) is 10.0. The molecule has 1 atom stereocenters. The van der Waals surface area contributed by atoms with Crippen molar-refractivity contribution >= 4 is 51.0 Å². The summed E-state index contributed by atoms with van der Waals surface area (Å²) in [5.74, 6) is 0.0810. The Labute approximate surface area is 156 Å². The van der Waals surface area contributed by atoms with Gasteiger partial charge in [-0.05, 0) is 24.3 Å². The highest BCUT2D eigenvalue weighted by Crippen LogP contribution is 2.33. The molecule has 3 rings (SSSR count). The largest absolute Gasteiger partial charge is 0.325 e. The van der Waals surface area contributed by atoms with Crippen molar-refractivity contribution in [2.45, 2.75) is 28.6 Å². The van der Waals surface area contributed by atoms with Gasteiger partial charge in [0.25, 0.3) is 5.56 Å². The summed E-state index contributed by atoms with van der Waals surface area (Å²) in [7, 11) is 1.70. The Morgan fingerprint density at radius 1 is 1.46 bits per heavy atom. The number of benzene rings is 1. The summed E-state index contributed by atoms with van der Waals surface area (Å²) in [5.41, 5.74) is 1.57. The molecule has 0 spiro atoms. The number of hydrogen-bond donors (Lipinski definition) is 1. The van der Waals surface area contributed by atoms with E-state index in [1.807, 2.05) is 24.3 Å². The van der Waals surface area contributed by atoms with Crippen LogP contribution < -0.4 is 10.9 Å². The first-order valence-electron chi connectivity index (χ1n) is 7.39. The van der Waals surface area contributed by atoms with Crippen molar-refractivity contribution in [2.24, 2.45) is 7.05 Å². The molecule has 1 unspecified atom stereocenters. The predicted octanol–water partition coefficient (Wildman–Crippen LogP) is 3.31. The summed E-state index contributed by atoms with van der Waals surface area (Å²) in [4.78, 5) is 29.8. The quantitative estimate of drug-likeness (QED) is 0.601. The number of nitrogens with one attached hydrogen (secondary N) is 1. The van der Waals surface area contributed by atoms with Crippen LogP contribution in [0.25, 0.3) is 0 Å². The molecule has 0 fully saturated rings. The van der Waals surface area contributed by atoms with Crippen LogP contribution in [0.4, 0.5) is 5.69 Å². The molecule has 24 heavy (non-hydrogen) atoms. The van der Waals surface area contributed by atoms with Gasteiger partial charge in [-0.2, -0.15) is 0 Å². The molecule has 2 aromatic rings. The van der Waals surface area contributed by atoms with Crippen LogP contribution in [0, 0.1) is 0 Å². The number of nitrogens with zero attached hydrogens (tertiary/aromatic N) is 2. The molecule has 0 saturated carbocycles. The van der Waals surface area contributed by atoms with E-state index in [2.05, 4.69) is 33.2 Å².